The van der Waals surface area contributed by atoms with Crippen molar-refractivity contribution in [2.45, 2.75) is 13.8 Å². The number of aromatic nitrogens is 4. The molecular formula is C56H52Au2Br2Cl2N6O8P2+2. The van der Waals surface area contributed by atoms with Crippen LogP contribution in [0.25, 0.3) is 22.3 Å². The summed E-state index contributed by atoms with van der Waals surface area (Å²) >= 11 is 6.78. The van der Waals surface area contributed by atoms with Gasteiger partial charge in [0, 0.05) is 25.8 Å². The second-order valence-electron chi connectivity index (χ2n) is 15.9. The molecule has 0 atom stereocenters. The summed E-state index contributed by atoms with van der Waals surface area (Å²) < 4.78 is 70.1. The van der Waals surface area contributed by atoms with Crippen molar-refractivity contribution in [3.05, 3.63) is 251 Å². The van der Waals surface area contributed by atoms with Gasteiger partial charge in [0.1, 0.15) is 37.6 Å². The fourth-order valence-electron chi connectivity index (χ4n) is 7.49. The molecule has 6 N–H and O–H groups in total. The first kappa shape index (κ1) is 67.6. The minimum absolute atomic E-state index is 0. The fraction of sp³-hybridized carbons (Fsp3) is 0.0357. The molecule has 0 fully saturated rings. The Morgan fingerprint density at radius 3 is 0.821 bits per heavy atom. The fourth-order valence-corrected chi connectivity index (χ4v) is 13.2. The normalized spacial score (nSPS) is 10.4. The van der Waals surface area contributed by atoms with Gasteiger partial charge in [0.25, 0.3) is 0 Å². The molecule has 0 amide bonds. The number of nitrogens with one attached hydrogen (secondary N) is 2. The van der Waals surface area contributed by atoms with E-state index in [0.717, 1.165) is 42.6 Å². The number of aryl methyl sites for hydroxylation is 2. The molecule has 0 saturated heterocycles. The number of hydrogen-bond acceptors (Lipinski definition) is 12. The van der Waals surface area contributed by atoms with Crippen molar-refractivity contribution >= 4 is 91.2 Å². The number of anilines is 2. The number of halogens is 4. The average molecular weight is 1620 g/mol. The van der Waals surface area contributed by atoms with E-state index in [-0.39, 0.29) is 44.8 Å². The second kappa shape index (κ2) is 34.5. The van der Waals surface area contributed by atoms with Crippen LogP contribution in [0.15, 0.2) is 239 Å². The maximum Gasteiger partial charge on any atom is 1.00 e. The number of aromatic amines is 2. The van der Waals surface area contributed by atoms with Gasteiger partial charge in [-0.05, 0) is 122 Å². The molecule has 412 valence electrons. The predicted octanol–water partition coefficient (Wildman–Crippen LogP) is 2.30. The van der Waals surface area contributed by atoms with Gasteiger partial charge in [-0.15, -0.1) is 20.5 Å². The van der Waals surface area contributed by atoms with E-state index in [9.17, 15) is 0 Å². The number of nitrogens with two attached hydrogens (primary N) is 2. The van der Waals surface area contributed by atoms with E-state index < -0.39 is 36.3 Å². The maximum absolute atomic E-state index is 8.49. The van der Waals surface area contributed by atoms with Gasteiger partial charge in [-0.25, -0.2) is 37.3 Å². The van der Waals surface area contributed by atoms with Crippen molar-refractivity contribution in [3.63, 3.8) is 0 Å². The molecule has 0 aliphatic rings. The van der Waals surface area contributed by atoms with E-state index in [1.807, 2.05) is 62.4 Å². The van der Waals surface area contributed by atoms with Crippen LogP contribution in [0.5, 0.6) is 0 Å². The van der Waals surface area contributed by atoms with Gasteiger partial charge in [0.05, 0.1) is 21.5 Å². The number of hydrogen-bond donors (Lipinski definition) is 4. The molecule has 22 heteroatoms. The summed E-state index contributed by atoms with van der Waals surface area (Å²) in [6.45, 7) is 3.89. The summed E-state index contributed by atoms with van der Waals surface area (Å²) in [4.78, 5) is 0. The first-order valence-corrected chi connectivity index (χ1v) is 29.7. The standard InChI is InChI=1S/2C18H15P.2C10H10BrN3.2Au.2ClHO4/c2*1-4-10-16(11-5-1)19(17-12-6-2-7-13-17)18-14-8-3-9-15-18;2*1-6-9(10(12)14-13-6)7-2-4-8(11)5-3-7;;;2*2-1(3,4)5/h2*1-15H;2*2-5H,1H3,(H3,12,13,14);;;2*(H,2,3,4,5)/q;;;;2*+1;;. The third-order valence-corrected chi connectivity index (χ3v) is 17.1. The van der Waals surface area contributed by atoms with Crippen LogP contribution in [0.4, 0.5) is 11.6 Å². The van der Waals surface area contributed by atoms with Gasteiger partial charge < -0.3 is 11.5 Å². The Morgan fingerprint density at radius 2 is 0.615 bits per heavy atom. The summed E-state index contributed by atoms with van der Waals surface area (Å²) in [5.74, 6) is 1.16. The Balaban J connectivity index is 0.000000258. The van der Waals surface area contributed by atoms with Crippen LogP contribution in [0.2, 0.25) is 0 Å². The molecule has 10 aromatic rings. The molecule has 2 heterocycles. The van der Waals surface area contributed by atoms with E-state index in [2.05, 4.69) is 234 Å². The first-order chi connectivity index (χ1) is 36.3. The molecule has 2 aromatic heterocycles. The molecule has 0 aliphatic heterocycles. The summed E-state index contributed by atoms with van der Waals surface area (Å²) in [6.07, 6.45) is 0. The number of rotatable bonds is 8. The minimum Gasteiger partial charge on any atom is -0.384 e. The molecule has 0 spiro atoms. The minimum atomic E-state index is -4.94. The largest absolute Gasteiger partial charge is 1.00 e. The zero-order valence-electron chi connectivity index (χ0n) is 41.4. The number of H-pyrrole nitrogens is 2. The van der Waals surface area contributed by atoms with E-state index >= 15 is 0 Å². The van der Waals surface area contributed by atoms with Crippen molar-refractivity contribution in [2.24, 2.45) is 0 Å². The molecule has 78 heavy (non-hydrogen) atoms. The Labute approximate surface area is 507 Å². The van der Waals surface area contributed by atoms with Crippen molar-refractivity contribution in [1.82, 2.24) is 20.4 Å². The Morgan fingerprint density at radius 1 is 0.372 bits per heavy atom. The topological polar surface area (TPSA) is 294 Å². The molecule has 14 nitrogen and oxygen atoms in total. The average Bonchev–Trinajstić information content (AvgIpc) is 3.93. The van der Waals surface area contributed by atoms with Crippen LogP contribution in [0.3, 0.4) is 0 Å². The Kier molecular flexibility index (Phi) is 29.9. The molecule has 10 rings (SSSR count). The van der Waals surface area contributed by atoms with Crippen LogP contribution >= 0.6 is 47.7 Å². The van der Waals surface area contributed by atoms with Crippen LogP contribution in [0.1, 0.15) is 11.4 Å². The third-order valence-electron chi connectivity index (χ3n) is 10.6. The van der Waals surface area contributed by atoms with Crippen molar-refractivity contribution in [3.8, 4) is 22.3 Å². The molecule has 8 aromatic carbocycles. The monoisotopic (exact) mass is 1620 g/mol. The van der Waals surface area contributed by atoms with E-state index in [4.69, 9.17) is 48.7 Å². The number of nitrogens with zero attached hydrogens (tertiary/aromatic N) is 2. The van der Waals surface area contributed by atoms with Crippen molar-refractivity contribution in [1.29, 1.82) is 0 Å². The molecule has 0 bridgehead atoms. The van der Waals surface area contributed by atoms with Crippen LogP contribution < -0.4 is 80.6 Å². The smallest absolute Gasteiger partial charge is 0.384 e. The van der Waals surface area contributed by atoms with Crippen LogP contribution in [-0.2, 0) is 44.8 Å². The molecular weight excluding hydrogens is 1570 g/mol. The second-order valence-corrected chi connectivity index (χ2v) is 24.2. The SMILES string of the molecule is Cc1[nH]nc(N)c1-c1ccc(Br)cc1.Cc1n[nH]c(N)c1-c1ccc(Br)cc1.[Au+].[Au+].[O-][Cl+3]([O-])([O-])[O-].[O-][Cl+3]([O-])([O-])[O-].c1ccc([PH+](c2ccccc2)c2ccccc2)cc1.c1ccc([PH+](c2ccccc2)c2ccccc2)cc1. The number of nitrogen functional groups attached to an aromatic ring is 2. The molecule has 0 radical (unpaired) electrons. The van der Waals surface area contributed by atoms with Gasteiger partial charge in [-0.2, -0.15) is 10.2 Å². The van der Waals surface area contributed by atoms with E-state index in [1.54, 1.807) is 0 Å². The van der Waals surface area contributed by atoms with Gasteiger partial charge in [-0.3, -0.25) is 10.2 Å². The Bertz CT molecular complexity index is 2760. The predicted molar refractivity (Wildman–Crippen MR) is 295 cm³/mol. The number of benzene rings is 8. The van der Waals surface area contributed by atoms with Crippen molar-refractivity contribution < 1.29 is 103 Å². The van der Waals surface area contributed by atoms with Gasteiger partial charge >= 0.3 is 44.8 Å². The van der Waals surface area contributed by atoms with Gasteiger partial charge in [0.15, 0.2) is 5.82 Å². The molecule has 0 saturated carbocycles. The first-order valence-electron chi connectivity index (χ1n) is 22.7. The van der Waals surface area contributed by atoms with Gasteiger partial charge in [-0.1, -0.05) is 165 Å². The summed E-state index contributed by atoms with van der Waals surface area (Å²) in [5, 5.41) is 22.2. The zero-order chi connectivity index (χ0) is 55.1. The summed E-state index contributed by atoms with van der Waals surface area (Å²) in [5.41, 5.74) is 17.6. The van der Waals surface area contributed by atoms with E-state index in [0.29, 0.717) is 11.6 Å². The van der Waals surface area contributed by atoms with Crippen LogP contribution in [0, 0.1) is 34.3 Å². The van der Waals surface area contributed by atoms with Crippen LogP contribution in [-0.4, -0.2) is 20.4 Å². The zero-order valence-corrected chi connectivity index (χ0v) is 52.4. The maximum atomic E-state index is 8.49. The Hall–Kier alpha value is -4.66. The molecule has 0 aliphatic carbocycles. The summed E-state index contributed by atoms with van der Waals surface area (Å²) in [6, 6.07) is 81.0. The quantitative estimate of drug-likeness (QED) is 0.126. The molecule has 0 unspecified atom stereocenters. The summed E-state index contributed by atoms with van der Waals surface area (Å²) in [7, 11) is -11.6. The van der Waals surface area contributed by atoms with Crippen molar-refractivity contribution in [2.75, 3.05) is 11.5 Å². The van der Waals surface area contributed by atoms with E-state index in [1.165, 1.54) is 31.8 Å². The van der Waals surface area contributed by atoms with Gasteiger partial charge in [0.2, 0.25) is 0 Å². The third kappa shape index (κ3) is 24.0.